The molecule has 1 heterocycles. The molecule has 0 saturated heterocycles. The summed E-state index contributed by atoms with van der Waals surface area (Å²) in [7, 11) is 0. The van der Waals surface area contributed by atoms with Gasteiger partial charge in [-0.2, -0.15) is 15.0 Å². The maximum absolute atomic E-state index is 13.5. The lowest BCUT2D eigenvalue weighted by molar-refractivity contribution is 0.291. The standard InChI is InChI=1S/C13H13ClFN3O/c1-3-6-19-13-17-11(16-12(14)18-13)9-5-4-8(2)10(15)7-9/h4-5,7H,3,6H2,1-2H3. The number of aromatic nitrogens is 3. The summed E-state index contributed by atoms with van der Waals surface area (Å²) in [5.74, 6) is -0.0185. The van der Waals surface area contributed by atoms with Crippen molar-refractivity contribution in [2.75, 3.05) is 6.61 Å². The summed E-state index contributed by atoms with van der Waals surface area (Å²) >= 11 is 5.81. The summed E-state index contributed by atoms with van der Waals surface area (Å²) in [6.07, 6.45) is 0.831. The Kier molecular flexibility index (Phi) is 4.27. The van der Waals surface area contributed by atoms with Gasteiger partial charge in [-0.1, -0.05) is 19.1 Å². The van der Waals surface area contributed by atoms with Gasteiger partial charge < -0.3 is 4.74 Å². The molecule has 0 atom stereocenters. The van der Waals surface area contributed by atoms with Crippen molar-refractivity contribution >= 4 is 11.6 Å². The van der Waals surface area contributed by atoms with Crippen molar-refractivity contribution in [3.05, 3.63) is 34.9 Å². The lowest BCUT2D eigenvalue weighted by Crippen LogP contribution is -2.03. The van der Waals surface area contributed by atoms with Gasteiger partial charge in [0.25, 0.3) is 0 Å². The van der Waals surface area contributed by atoms with Crippen LogP contribution in [-0.2, 0) is 0 Å². The third kappa shape index (κ3) is 3.38. The van der Waals surface area contributed by atoms with Crippen LogP contribution in [0.3, 0.4) is 0 Å². The summed E-state index contributed by atoms with van der Waals surface area (Å²) in [6.45, 7) is 4.15. The van der Waals surface area contributed by atoms with Gasteiger partial charge in [-0.25, -0.2) is 4.39 Å². The number of benzene rings is 1. The molecule has 1 aromatic heterocycles. The van der Waals surface area contributed by atoms with Crippen LogP contribution in [0.1, 0.15) is 18.9 Å². The average molecular weight is 282 g/mol. The summed E-state index contributed by atoms with van der Waals surface area (Å²) in [6, 6.07) is 4.91. The van der Waals surface area contributed by atoms with Gasteiger partial charge in [0.05, 0.1) is 6.61 Å². The van der Waals surface area contributed by atoms with E-state index in [-0.39, 0.29) is 17.1 Å². The molecular formula is C13H13ClFN3O. The summed E-state index contributed by atoms with van der Waals surface area (Å²) in [4.78, 5) is 12.0. The fourth-order valence-electron chi connectivity index (χ4n) is 1.45. The van der Waals surface area contributed by atoms with Gasteiger partial charge in [0.15, 0.2) is 5.82 Å². The first kappa shape index (κ1) is 13.7. The molecular weight excluding hydrogens is 269 g/mol. The van der Waals surface area contributed by atoms with Gasteiger partial charge in [0.2, 0.25) is 5.28 Å². The van der Waals surface area contributed by atoms with Gasteiger partial charge in [-0.15, -0.1) is 0 Å². The Morgan fingerprint density at radius 2 is 2.05 bits per heavy atom. The quantitative estimate of drug-likeness (QED) is 0.861. The summed E-state index contributed by atoms with van der Waals surface area (Å²) < 4.78 is 18.8. The normalized spacial score (nSPS) is 10.5. The summed E-state index contributed by atoms with van der Waals surface area (Å²) in [5.41, 5.74) is 1.10. The lowest BCUT2D eigenvalue weighted by Gasteiger charge is -2.06. The van der Waals surface area contributed by atoms with Crippen LogP contribution in [-0.4, -0.2) is 21.6 Å². The van der Waals surface area contributed by atoms with Gasteiger partial charge in [0.1, 0.15) is 5.82 Å². The molecule has 4 nitrogen and oxygen atoms in total. The molecule has 0 spiro atoms. The van der Waals surface area contributed by atoms with Crippen molar-refractivity contribution in [1.29, 1.82) is 0 Å². The van der Waals surface area contributed by atoms with E-state index < -0.39 is 0 Å². The molecule has 6 heteroatoms. The molecule has 0 saturated carbocycles. The van der Waals surface area contributed by atoms with E-state index >= 15 is 0 Å². The highest BCUT2D eigenvalue weighted by atomic mass is 35.5. The molecule has 0 unspecified atom stereocenters. The molecule has 0 bridgehead atoms. The second-order valence-corrected chi connectivity index (χ2v) is 4.36. The number of hydrogen-bond acceptors (Lipinski definition) is 4. The number of ether oxygens (including phenoxy) is 1. The maximum Gasteiger partial charge on any atom is 0.321 e. The lowest BCUT2D eigenvalue weighted by atomic mass is 10.1. The molecule has 100 valence electrons. The molecule has 0 fully saturated rings. The number of rotatable bonds is 4. The minimum absolute atomic E-state index is 0.0251. The minimum atomic E-state index is -0.315. The second-order valence-electron chi connectivity index (χ2n) is 4.02. The summed E-state index contributed by atoms with van der Waals surface area (Å²) in [5, 5.41) is 0.0251. The highest BCUT2D eigenvalue weighted by Gasteiger charge is 2.09. The van der Waals surface area contributed by atoms with E-state index in [4.69, 9.17) is 16.3 Å². The Hall–Kier alpha value is -1.75. The average Bonchev–Trinajstić information content (AvgIpc) is 2.39. The Bertz CT molecular complexity index is 592. The molecule has 2 aromatic rings. The first-order valence-corrected chi connectivity index (χ1v) is 6.29. The fraction of sp³-hybridized carbons (Fsp3) is 0.308. The Morgan fingerprint density at radius 1 is 1.26 bits per heavy atom. The molecule has 2 rings (SSSR count). The van der Waals surface area contributed by atoms with Gasteiger partial charge >= 0.3 is 6.01 Å². The largest absolute Gasteiger partial charge is 0.463 e. The number of halogens is 2. The molecule has 0 aliphatic heterocycles. The first-order valence-electron chi connectivity index (χ1n) is 5.91. The molecule has 0 aliphatic carbocycles. The third-order valence-electron chi connectivity index (χ3n) is 2.45. The van der Waals surface area contributed by atoms with Crippen LogP contribution >= 0.6 is 11.6 Å². The Morgan fingerprint density at radius 3 is 2.74 bits per heavy atom. The highest BCUT2D eigenvalue weighted by Crippen LogP contribution is 2.21. The zero-order valence-electron chi connectivity index (χ0n) is 10.7. The maximum atomic E-state index is 13.5. The number of aryl methyl sites for hydroxylation is 1. The molecule has 0 aliphatic rings. The van der Waals surface area contributed by atoms with Crippen LogP contribution in [0.4, 0.5) is 4.39 Å². The molecule has 19 heavy (non-hydrogen) atoms. The van der Waals surface area contributed by atoms with E-state index in [9.17, 15) is 4.39 Å². The van der Waals surface area contributed by atoms with Crippen LogP contribution in [0, 0.1) is 12.7 Å². The van der Waals surface area contributed by atoms with E-state index in [1.54, 1.807) is 19.1 Å². The number of hydrogen-bond donors (Lipinski definition) is 0. The Labute approximate surface area is 115 Å². The van der Waals surface area contributed by atoms with E-state index in [1.807, 2.05) is 6.92 Å². The predicted octanol–water partition coefficient (Wildman–Crippen LogP) is 3.43. The third-order valence-corrected chi connectivity index (χ3v) is 2.62. The van der Waals surface area contributed by atoms with Crippen molar-refractivity contribution < 1.29 is 9.13 Å². The van der Waals surface area contributed by atoms with E-state index in [2.05, 4.69) is 15.0 Å². The monoisotopic (exact) mass is 281 g/mol. The van der Waals surface area contributed by atoms with Crippen LogP contribution in [0.5, 0.6) is 6.01 Å². The molecule has 0 radical (unpaired) electrons. The van der Waals surface area contributed by atoms with Crippen molar-refractivity contribution in [2.45, 2.75) is 20.3 Å². The van der Waals surface area contributed by atoms with Crippen LogP contribution in [0.25, 0.3) is 11.4 Å². The van der Waals surface area contributed by atoms with Gasteiger partial charge in [-0.3, -0.25) is 0 Å². The van der Waals surface area contributed by atoms with Crippen LogP contribution < -0.4 is 4.74 Å². The highest BCUT2D eigenvalue weighted by molar-refractivity contribution is 6.28. The topological polar surface area (TPSA) is 47.9 Å². The van der Waals surface area contributed by atoms with E-state index in [1.165, 1.54) is 6.07 Å². The van der Waals surface area contributed by atoms with Crippen molar-refractivity contribution in [3.8, 4) is 17.4 Å². The SMILES string of the molecule is CCCOc1nc(Cl)nc(-c2ccc(C)c(F)c2)n1. The molecule has 0 N–H and O–H groups in total. The zero-order chi connectivity index (χ0) is 13.8. The first-order chi connectivity index (χ1) is 9.10. The predicted molar refractivity (Wildman–Crippen MR) is 70.8 cm³/mol. The zero-order valence-corrected chi connectivity index (χ0v) is 11.4. The smallest absolute Gasteiger partial charge is 0.321 e. The molecule has 0 amide bonds. The van der Waals surface area contributed by atoms with Crippen molar-refractivity contribution in [1.82, 2.24) is 15.0 Å². The fourth-order valence-corrected chi connectivity index (χ4v) is 1.60. The van der Waals surface area contributed by atoms with Gasteiger partial charge in [0, 0.05) is 5.56 Å². The number of nitrogens with zero attached hydrogens (tertiary/aromatic N) is 3. The van der Waals surface area contributed by atoms with Crippen LogP contribution in [0.15, 0.2) is 18.2 Å². The van der Waals surface area contributed by atoms with Crippen LogP contribution in [0.2, 0.25) is 5.28 Å². The van der Waals surface area contributed by atoms with Crippen molar-refractivity contribution in [3.63, 3.8) is 0 Å². The Balaban J connectivity index is 2.37. The van der Waals surface area contributed by atoms with Gasteiger partial charge in [-0.05, 0) is 36.6 Å². The second kappa shape index (κ2) is 5.93. The minimum Gasteiger partial charge on any atom is -0.463 e. The van der Waals surface area contributed by atoms with E-state index in [0.29, 0.717) is 23.6 Å². The molecule has 1 aromatic carbocycles. The van der Waals surface area contributed by atoms with E-state index in [0.717, 1.165) is 6.42 Å². The van der Waals surface area contributed by atoms with Crippen molar-refractivity contribution in [2.24, 2.45) is 0 Å².